The Bertz CT molecular complexity index is 1350. The number of hydrogen-bond donors (Lipinski definition) is 1. The van der Waals surface area contributed by atoms with Gasteiger partial charge in [0.1, 0.15) is 5.82 Å². The summed E-state index contributed by atoms with van der Waals surface area (Å²) in [7, 11) is 2.15. The Labute approximate surface area is 220 Å². The molecule has 1 N–H and O–H groups in total. The zero-order valence-electron chi connectivity index (χ0n) is 22.0. The average Bonchev–Trinajstić information content (AvgIpc) is 3.30. The Morgan fingerprint density at radius 1 is 1.05 bits per heavy atom. The molecule has 2 aliphatic heterocycles. The molecule has 1 saturated heterocycles. The van der Waals surface area contributed by atoms with Crippen molar-refractivity contribution in [2.24, 2.45) is 0 Å². The highest BCUT2D eigenvalue weighted by atomic mass is 16.2. The predicted octanol–water partition coefficient (Wildman–Crippen LogP) is 5.64. The number of nitrogens with zero attached hydrogens (tertiary/aromatic N) is 3. The maximum Gasteiger partial charge on any atom is 0.254 e. The second kappa shape index (κ2) is 9.84. The molecule has 0 atom stereocenters. The molecule has 5 nitrogen and oxygen atoms in total. The Hall–Kier alpha value is -3.36. The summed E-state index contributed by atoms with van der Waals surface area (Å²) in [5, 5.41) is 0. The van der Waals surface area contributed by atoms with Crippen molar-refractivity contribution in [3.8, 4) is 23.7 Å². The van der Waals surface area contributed by atoms with Gasteiger partial charge in [-0.05, 0) is 86.4 Å². The number of amides is 1. The summed E-state index contributed by atoms with van der Waals surface area (Å²) in [4.78, 5) is 26.8. The van der Waals surface area contributed by atoms with Crippen LogP contribution in [0.1, 0.15) is 87.9 Å². The third-order valence-corrected chi connectivity index (χ3v) is 8.78. The predicted molar refractivity (Wildman–Crippen MR) is 148 cm³/mol. The number of hydrogen-bond acceptors (Lipinski definition) is 3. The van der Waals surface area contributed by atoms with Crippen molar-refractivity contribution in [1.29, 1.82) is 0 Å². The SMILES string of the molecule is C#Cc1ccc(C2CCN(C(=O)c3cc(-c4nc5c([nH]4)CN(C)CC5)c(C4CCC4)cc3C)CC2)cc1. The van der Waals surface area contributed by atoms with Crippen LogP contribution in [0.2, 0.25) is 0 Å². The van der Waals surface area contributed by atoms with E-state index in [-0.39, 0.29) is 5.91 Å². The van der Waals surface area contributed by atoms with Crippen LogP contribution in [0.15, 0.2) is 36.4 Å². The molecule has 3 heterocycles. The van der Waals surface area contributed by atoms with Gasteiger partial charge in [0, 0.05) is 49.3 Å². The molecule has 1 saturated carbocycles. The number of likely N-dealkylation sites (N-methyl/N-ethyl adjacent to an activating group) is 1. The average molecular weight is 493 g/mol. The van der Waals surface area contributed by atoms with Crippen LogP contribution < -0.4 is 0 Å². The second-order valence-corrected chi connectivity index (χ2v) is 11.2. The first-order valence-corrected chi connectivity index (χ1v) is 13.8. The summed E-state index contributed by atoms with van der Waals surface area (Å²) in [6, 6.07) is 12.8. The number of aromatic nitrogens is 2. The Kier molecular flexibility index (Phi) is 6.38. The minimum Gasteiger partial charge on any atom is -0.341 e. The fourth-order valence-corrected chi connectivity index (χ4v) is 6.22. The summed E-state index contributed by atoms with van der Waals surface area (Å²) in [6.07, 6.45) is 12.2. The summed E-state index contributed by atoms with van der Waals surface area (Å²) in [5.74, 6) is 4.82. The maximum absolute atomic E-state index is 13.8. The van der Waals surface area contributed by atoms with Crippen LogP contribution in [0.25, 0.3) is 11.4 Å². The van der Waals surface area contributed by atoms with E-state index in [1.165, 1.54) is 41.8 Å². The molecule has 190 valence electrons. The van der Waals surface area contributed by atoms with E-state index in [0.29, 0.717) is 11.8 Å². The van der Waals surface area contributed by atoms with E-state index in [2.05, 4.69) is 54.0 Å². The highest BCUT2D eigenvalue weighted by Crippen LogP contribution is 2.42. The Morgan fingerprint density at radius 3 is 2.49 bits per heavy atom. The van der Waals surface area contributed by atoms with Crippen molar-refractivity contribution in [2.45, 2.75) is 63.8 Å². The minimum atomic E-state index is 0.149. The smallest absolute Gasteiger partial charge is 0.254 e. The largest absolute Gasteiger partial charge is 0.341 e. The lowest BCUT2D eigenvalue weighted by Crippen LogP contribution is -2.38. The third-order valence-electron chi connectivity index (χ3n) is 8.78. The number of fused-ring (bicyclic) bond motifs is 1. The monoisotopic (exact) mass is 492 g/mol. The molecule has 2 aromatic carbocycles. The highest BCUT2D eigenvalue weighted by Gasteiger charge is 2.30. The van der Waals surface area contributed by atoms with E-state index in [1.54, 1.807) is 0 Å². The first-order valence-electron chi connectivity index (χ1n) is 13.8. The van der Waals surface area contributed by atoms with E-state index in [1.807, 2.05) is 17.0 Å². The van der Waals surface area contributed by atoms with Crippen LogP contribution in [0.5, 0.6) is 0 Å². The van der Waals surface area contributed by atoms with Crippen molar-refractivity contribution >= 4 is 5.91 Å². The number of nitrogens with one attached hydrogen (secondary N) is 1. The summed E-state index contributed by atoms with van der Waals surface area (Å²) < 4.78 is 0. The molecule has 3 aromatic rings. The number of piperidine rings is 1. The van der Waals surface area contributed by atoms with Gasteiger partial charge in [-0.15, -0.1) is 6.42 Å². The van der Waals surface area contributed by atoms with Gasteiger partial charge in [-0.3, -0.25) is 4.79 Å². The fraction of sp³-hybridized carbons (Fsp3) is 0.438. The van der Waals surface area contributed by atoms with Crippen LogP contribution >= 0.6 is 0 Å². The summed E-state index contributed by atoms with van der Waals surface area (Å²) in [5.41, 5.74) is 9.01. The van der Waals surface area contributed by atoms with Gasteiger partial charge in [-0.2, -0.15) is 0 Å². The molecule has 3 aliphatic rings. The van der Waals surface area contributed by atoms with Crippen LogP contribution in [0, 0.1) is 19.3 Å². The number of terminal acetylenes is 1. The number of likely N-dealkylation sites (tertiary alicyclic amines) is 1. The number of carbonyl (C=O) groups excluding carboxylic acids is 1. The Morgan fingerprint density at radius 2 is 1.81 bits per heavy atom. The molecule has 5 heteroatoms. The van der Waals surface area contributed by atoms with Gasteiger partial charge in [-0.1, -0.05) is 30.5 Å². The zero-order chi connectivity index (χ0) is 25.5. The van der Waals surface area contributed by atoms with Crippen molar-refractivity contribution in [2.75, 3.05) is 26.7 Å². The van der Waals surface area contributed by atoms with Crippen molar-refractivity contribution in [1.82, 2.24) is 19.8 Å². The summed E-state index contributed by atoms with van der Waals surface area (Å²) in [6.45, 7) is 5.59. The van der Waals surface area contributed by atoms with Crippen LogP contribution in [-0.4, -0.2) is 52.4 Å². The second-order valence-electron chi connectivity index (χ2n) is 11.2. The number of imidazole rings is 1. The van der Waals surface area contributed by atoms with E-state index < -0.39 is 0 Å². The number of carbonyl (C=O) groups is 1. The number of aromatic amines is 1. The van der Waals surface area contributed by atoms with Gasteiger partial charge >= 0.3 is 0 Å². The third kappa shape index (κ3) is 4.60. The van der Waals surface area contributed by atoms with Crippen LogP contribution in [-0.2, 0) is 13.0 Å². The molecule has 1 aliphatic carbocycles. The van der Waals surface area contributed by atoms with Crippen LogP contribution in [0.3, 0.4) is 0 Å². The van der Waals surface area contributed by atoms with Gasteiger partial charge in [0.15, 0.2) is 0 Å². The first-order chi connectivity index (χ1) is 18.0. The maximum atomic E-state index is 13.8. The van der Waals surface area contributed by atoms with Gasteiger partial charge in [0.05, 0.1) is 11.4 Å². The zero-order valence-corrected chi connectivity index (χ0v) is 22.0. The fourth-order valence-electron chi connectivity index (χ4n) is 6.22. The minimum absolute atomic E-state index is 0.149. The normalized spacial score (nSPS) is 18.8. The lowest BCUT2D eigenvalue weighted by atomic mass is 9.77. The van der Waals surface area contributed by atoms with E-state index in [9.17, 15) is 4.79 Å². The van der Waals surface area contributed by atoms with Crippen LogP contribution in [0.4, 0.5) is 0 Å². The molecule has 6 rings (SSSR count). The van der Waals surface area contributed by atoms with Crippen molar-refractivity contribution in [3.63, 3.8) is 0 Å². The summed E-state index contributed by atoms with van der Waals surface area (Å²) >= 11 is 0. The number of H-pyrrole nitrogens is 1. The molecule has 0 spiro atoms. The van der Waals surface area contributed by atoms with Gasteiger partial charge in [0.25, 0.3) is 5.91 Å². The van der Waals surface area contributed by atoms with E-state index in [4.69, 9.17) is 11.4 Å². The quantitative estimate of drug-likeness (QED) is 0.480. The lowest BCUT2D eigenvalue weighted by molar-refractivity contribution is 0.0712. The molecule has 0 unspecified atom stereocenters. The topological polar surface area (TPSA) is 52.2 Å². The van der Waals surface area contributed by atoms with Gasteiger partial charge < -0.3 is 14.8 Å². The molecular weight excluding hydrogens is 456 g/mol. The first kappa shape index (κ1) is 24.0. The van der Waals surface area contributed by atoms with E-state index in [0.717, 1.165) is 73.5 Å². The van der Waals surface area contributed by atoms with Crippen molar-refractivity contribution in [3.05, 3.63) is 75.6 Å². The lowest BCUT2D eigenvalue weighted by Gasteiger charge is -2.33. The molecule has 1 aromatic heterocycles. The Balaban J connectivity index is 1.25. The molecule has 0 bridgehead atoms. The molecule has 0 radical (unpaired) electrons. The molecule has 37 heavy (non-hydrogen) atoms. The molecule has 2 fully saturated rings. The molecular formula is C32H36N4O. The standard InChI is InChI=1S/C32H36N4O/c1-4-22-8-10-23(11-9-22)24-12-16-36(17-13-24)32(37)26-19-28(27(18-21(26)2)25-6-5-7-25)31-33-29-14-15-35(3)20-30(29)34-31/h1,8-11,18-19,24-25H,5-7,12-17,20H2,2-3H3,(H,33,34). The number of aryl methyl sites for hydroxylation is 1. The van der Waals surface area contributed by atoms with Crippen molar-refractivity contribution < 1.29 is 4.79 Å². The molecule has 1 amide bonds. The van der Waals surface area contributed by atoms with Gasteiger partial charge in [0.2, 0.25) is 0 Å². The number of benzene rings is 2. The number of rotatable bonds is 4. The highest BCUT2D eigenvalue weighted by molar-refractivity contribution is 5.97. The van der Waals surface area contributed by atoms with Gasteiger partial charge in [-0.25, -0.2) is 4.98 Å². The van der Waals surface area contributed by atoms with E-state index >= 15 is 0 Å².